The van der Waals surface area contributed by atoms with E-state index in [-0.39, 0.29) is 11.5 Å². The molecule has 2 rings (SSSR count). The SMILES string of the molecule is COc1cc(C(=O)OCC(=O)N[C@](C)(C#N)C(C)C)cc2c1OCCO2. The van der Waals surface area contributed by atoms with Crippen molar-refractivity contribution in [3.63, 3.8) is 0 Å². The van der Waals surface area contributed by atoms with Gasteiger partial charge in [0.1, 0.15) is 18.8 Å². The van der Waals surface area contributed by atoms with E-state index in [1.54, 1.807) is 6.92 Å². The van der Waals surface area contributed by atoms with Crippen LogP contribution in [0.5, 0.6) is 17.2 Å². The van der Waals surface area contributed by atoms with E-state index < -0.39 is 24.0 Å². The zero-order chi connectivity index (χ0) is 19.3. The van der Waals surface area contributed by atoms with E-state index in [2.05, 4.69) is 11.4 Å². The molecule has 1 heterocycles. The molecular formula is C18H22N2O6. The fourth-order valence-electron chi connectivity index (χ4n) is 2.23. The summed E-state index contributed by atoms with van der Waals surface area (Å²) in [6.45, 7) is 5.50. The van der Waals surface area contributed by atoms with Gasteiger partial charge in [0.25, 0.3) is 5.91 Å². The maximum atomic E-state index is 12.3. The number of methoxy groups -OCH3 is 1. The van der Waals surface area contributed by atoms with E-state index in [1.165, 1.54) is 19.2 Å². The Kier molecular flexibility index (Phi) is 5.93. The Bertz CT molecular complexity index is 723. The van der Waals surface area contributed by atoms with Crippen LogP contribution in [0.2, 0.25) is 0 Å². The third-order valence-corrected chi connectivity index (χ3v) is 4.18. The van der Waals surface area contributed by atoms with Gasteiger partial charge in [0.2, 0.25) is 5.75 Å². The molecule has 0 saturated heterocycles. The van der Waals surface area contributed by atoms with E-state index in [4.69, 9.17) is 18.9 Å². The number of nitrogens with one attached hydrogen (secondary N) is 1. The first kappa shape index (κ1) is 19.4. The van der Waals surface area contributed by atoms with E-state index in [9.17, 15) is 14.9 Å². The molecule has 1 aliphatic rings. The van der Waals surface area contributed by atoms with Crippen molar-refractivity contribution < 1.29 is 28.5 Å². The van der Waals surface area contributed by atoms with Crippen molar-refractivity contribution in [3.05, 3.63) is 17.7 Å². The molecule has 1 amide bonds. The number of amides is 1. The number of carbonyl (C=O) groups is 2. The minimum absolute atomic E-state index is 0.103. The molecule has 0 aliphatic carbocycles. The Morgan fingerprint density at radius 3 is 2.65 bits per heavy atom. The molecule has 0 bridgehead atoms. The van der Waals surface area contributed by atoms with Gasteiger partial charge in [-0.2, -0.15) is 5.26 Å². The molecule has 1 aromatic rings. The topological polar surface area (TPSA) is 107 Å². The van der Waals surface area contributed by atoms with Crippen LogP contribution in [0, 0.1) is 17.2 Å². The van der Waals surface area contributed by atoms with Gasteiger partial charge in [-0.1, -0.05) is 13.8 Å². The molecular weight excluding hydrogens is 340 g/mol. The summed E-state index contributed by atoms with van der Waals surface area (Å²) in [4.78, 5) is 24.3. The first-order chi connectivity index (χ1) is 12.3. The molecule has 8 heteroatoms. The highest BCUT2D eigenvalue weighted by atomic mass is 16.6. The van der Waals surface area contributed by atoms with Gasteiger partial charge in [-0.15, -0.1) is 0 Å². The van der Waals surface area contributed by atoms with E-state index in [0.29, 0.717) is 30.5 Å². The highest BCUT2D eigenvalue weighted by Gasteiger charge is 2.30. The maximum absolute atomic E-state index is 12.3. The summed E-state index contributed by atoms with van der Waals surface area (Å²) in [5.74, 6) is -0.220. The second kappa shape index (κ2) is 7.95. The third-order valence-electron chi connectivity index (χ3n) is 4.18. The average molecular weight is 362 g/mol. The molecule has 1 aromatic carbocycles. The monoisotopic (exact) mass is 362 g/mol. The number of fused-ring (bicyclic) bond motifs is 1. The maximum Gasteiger partial charge on any atom is 0.338 e. The fraction of sp³-hybridized carbons (Fsp3) is 0.500. The van der Waals surface area contributed by atoms with Crippen LogP contribution in [-0.4, -0.2) is 44.3 Å². The number of esters is 1. The predicted molar refractivity (Wildman–Crippen MR) is 91.3 cm³/mol. The van der Waals surface area contributed by atoms with Crippen molar-refractivity contribution in [1.29, 1.82) is 5.26 Å². The Morgan fingerprint density at radius 2 is 2.04 bits per heavy atom. The normalized spacial score (nSPS) is 14.8. The molecule has 140 valence electrons. The second-order valence-corrected chi connectivity index (χ2v) is 6.30. The van der Waals surface area contributed by atoms with Crippen molar-refractivity contribution in [3.8, 4) is 23.3 Å². The Hall–Kier alpha value is -2.95. The molecule has 0 radical (unpaired) electrons. The molecule has 1 N–H and O–H groups in total. The largest absolute Gasteiger partial charge is 0.493 e. The van der Waals surface area contributed by atoms with Gasteiger partial charge in [-0.25, -0.2) is 4.79 Å². The highest BCUT2D eigenvalue weighted by Crippen LogP contribution is 2.40. The van der Waals surface area contributed by atoms with Crippen LogP contribution in [0.15, 0.2) is 12.1 Å². The fourth-order valence-corrected chi connectivity index (χ4v) is 2.23. The molecule has 1 atom stereocenters. The second-order valence-electron chi connectivity index (χ2n) is 6.30. The number of hydrogen-bond acceptors (Lipinski definition) is 7. The van der Waals surface area contributed by atoms with Crippen molar-refractivity contribution in [2.24, 2.45) is 5.92 Å². The molecule has 8 nitrogen and oxygen atoms in total. The van der Waals surface area contributed by atoms with Crippen LogP contribution in [0.3, 0.4) is 0 Å². The first-order valence-corrected chi connectivity index (χ1v) is 8.17. The summed E-state index contributed by atoms with van der Waals surface area (Å²) in [5.41, 5.74) is -0.866. The third kappa shape index (κ3) is 4.17. The van der Waals surface area contributed by atoms with Crippen LogP contribution < -0.4 is 19.5 Å². The summed E-state index contributed by atoms with van der Waals surface area (Å²) < 4.78 is 21.2. The van der Waals surface area contributed by atoms with Crippen molar-refractivity contribution in [1.82, 2.24) is 5.32 Å². The highest BCUT2D eigenvalue weighted by molar-refractivity contribution is 5.93. The lowest BCUT2D eigenvalue weighted by molar-refractivity contribution is -0.125. The van der Waals surface area contributed by atoms with Gasteiger partial charge >= 0.3 is 5.97 Å². The van der Waals surface area contributed by atoms with E-state index >= 15 is 0 Å². The quantitative estimate of drug-likeness (QED) is 0.767. The molecule has 0 saturated carbocycles. The lowest BCUT2D eigenvalue weighted by Crippen LogP contribution is -2.50. The van der Waals surface area contributed by atoms with Crippen molar-refractivity contribution in [2.75, 3.05) is 26.9 Å². The van der Waals surface area contributed by atoms with Crippen LogP contribution in [0.1, 0.15) is 31.1 Å². The number of ether oxygens (including phenoxy) is 4. The lowest BCUT2D eigenvalue weighted by atomic mass is 9.90. The van der Waals surface area contributed by atoms with Gasteiger partial charge in [0.15, 0.2) is 18.1 Å². The van der Waals surface area contributed by atoms with Crippen molar-refractivity contribution in [2.45, 2.75) is 26.3 Å². The van der Waals surface area contributed by atoms with Crippen LogP contribution in [0.25, 0.3) is 0 Å². The minimum atomic E-state index is -1.04. The molecule has 0 spiro atoms. The van der Waals surface area contributed by atoms with Gasteiger partial charge in [-0.05, 0) is 25.0 Å². The zero-order valence-electron chi connectivity index (χ0n) is 15.3. The summed E-state index contributed by atoms with van der Waals surface area (Å²) in [5, 5.41) is 11.8. The summed E-state index contributed by atoms with van der Waals surface area (Å²) in [7, 11) is 1.45. The molecule has 26 heavy (non-hydrogen) atoms. The van der Waals surface area contributed by atoms with Gasteiger partial charge < -0.3 is 24.3 Å². The molecule has 0 fully saturated rings. The van der Waals surface area contributed by atoms with Gasteiger partial charge in [0, 0.05) is 0 Å². The summed E-state index contributed by atoms with van der Waals surface area (Å²) >= 11 is 0. The number of nitriles is 1. The average Bonchev–Trinajstić information content (AvgIpc) is 2.64. The number of hydrogen-bond donors (Lipinski definition) is 1. The molecule has 1 aliphatic heterocycles. The Labute approximate surface area is 152 Å². The Morgan fingerprint density at radius 1 is 1.35 bits per heavy atom. The molecule has 0 unspecified atom stereocenters. The number of carbonyl (C=O) groups excluding carboxylic acids is 2. The van der Waals surface area contributed by atoms with Crippen molar-refractivity contribution >= 4 is 11.9 Å². The lowest BCUT2D eigenvalue weighted by Gasteiger charge is -2.27. The van der Waals surface area contributed by atoms with E-state index in [1.807, 2.05) is 13.8 Å². The summed E-state index contributed by atoms with van der Waals surface area (Å²) in [6.07, 6.45) is 0. The Balaban J connectivity index is 2.04. The predicted octanol–water partition coefficient (Wildman–Crippen LogP) is 1.68. The van der Waals surface area contributed by atoms with Gasteiger partial charge in [0.05, 0.1) is 18.7 Å². The first-order valence-electron chi connectivity index (χ1n) is 8.17. The number of benzene rings is 1. The van der Waals surface area contributed by atoms with Gasteiger partial charge in [-0.3, -0.25) is 4.79 Å². The van der Waals surface area contributed by atoms with Crippen LogP contribution in [0.4, 0.5) is 0 Å². The minimum Gasteiger partial charge on any atom is -0.493 e. The zero-order valence-corrected chi connectivity index (χ0v) is 15.3. The molecule has 0 aromatic heterocycles. The summed E-state index contributed by atoms with van der Waals surface area (Å²) in [6, 6.07) is 4.99. The van der Waals surface area contributed by atoms with Crippen LogP contribution >= 0.6 is 0 Å². The van der Waals surface area contributed by atoms with Crippen LogP contribution in [-0.2, 0) is 9.53 Å². The van der Waals surface area contributed by atoms with E-state index in [0.717, 1.165) is 0 Å². The number of nitrogens with zero attached hydrogens (tertiary/aromatic N) is 1. The number of rotatable bonds is 6. The standard InChI is InChI=1S/C18H22N2O6/c1-11(2)18(3,10-19)20-15(21)9-26-17(22)12-7-13(23-4)16-14(8-12)24-5-6-25-16/h7-8,11H,5-6,9H2,1-4H3,(H,20,21)/t18-/m1/s1. The smallest absolute Gasteiger partial charge is 0.338 e.